The van der Waals surface area contributed by atoms with Gasteiger partial charge in [0.25, 0.3) is 0 Å². The number of rotatable bonds is 0. The monoisotopic (exact) mass is 168 g/mol. The summed E-state index contributed by atoms with van der Waals surface area (Å²) in [5.74, 6) is 0.424. The van der Waals surface area contributed by atoms with Gasteiger partial charge in [0, 0.05) is 5.41 Å². The lowest BCUT2D eigenvalue weighted by Crippen LogP contribution is -2.41. The summed E-state index contributed by atoms with van der Waals surface area (Å²) >= 11 is 0. The lowest BCUT2D eigenvalue weighted by atomic mass is 9.64. The second-order valence-corrected chi connectivity index (χ2v) is 4.58. The van der Waals surface area contributed by atoms with Crippen LogP contribution in [0.3, 0.4) is 0 Å². The van der Waals surface area contributed by atoms with Crippen LogP contribution >= 0.6 is 0 Å². The van der Waals surface area contributed by atoms with Crippen molar-refractivity contribution >= 4 is 5.97 Å². The number of carbonyl (C=O) groups excluding carboxylic acids is 1. The highest BCUT2D eigenvalue weighted by molar-refractivity contribution is 5.73. The average molecular weight is 168 g/mol. The van der Waals surface area contributed by atoms with E-state index in [0.29, 0.717) is 12.2 Å². The Labute approximate surface area is 73.6 Å². The van der Waals surface area contributed by atoms with E-state index in [9.17, 15) is 4.79 Å². The molecule has 1 heterocycles. The van der Waals surface area contributed by atoms with Crippen molar-refractivity contribution in [3.05, 3.63) is 12.3 Å². The standard InChI is InChI=1S/C10H16O2/c1-7-10(4,5)9(2,3)6-8(11)12-7/h1,6H2,2-5H3. The Morgan fingerprint density at radius 2 is 1.83 bits per heavy atom. The van der Waals surface area contributed by atoms with E-state index in [0.717, 1.165) is 0 Å². The number of esters is 1. The maximum Gasteiger partial charge on any atom is 0.311 e. The number of hydrogen-bond donors (Lipinski definition) is 0. The smallest absolute Gasteiger partial charge is 0.311 e. The van der Waals surface area contributed by atoms with E-state index in [4.69, 9.17) is 4.74 Å². The Bertz CT molecular complexity index is 236. The van der Waals surface area contributed by atoms with E-state index in [1.54, 1.807) is 0 Å². The fraction of sp³-hybridized carbons (Fsp3) is 0.700. The van der Waals surface area contributed by atoms with Crippen LogP contribution in [0.15, 0.2) is 12.3 Å². The van der Waals surface area contributed by atoms with Crippen molar-refractivity contribution in [3.8, 4) is 0 Å². The van der Waals surface area contributed by atoms with Crippen LogP contribution in [0.4, 0.5) is 0 Å². The van der Waals surface area contributed by atoms with Crippen molar-refractivity contribution in [2.45, 2.75) is 34.1 Å². The van der Waals surface area contributed by atoms with Gasteiger partial charge < -0.3 is 4.74 Å². The van der Waals surface area contributed by atoms with E-state index in [2.05, 4.69) is 34.3 Å². The molecule has 2 nitrogen and oxygen atoms in total. The molecular formula is C10H16O2. The van der Waals surface area contributed by atoms with Gasteiger partial charge in [-0.3, -0.25) is 4.79 Å². The highest BCUT2D eigenvalue weighted by atomic mass is 16.5. The normalized spacial score (nSPS) is 26.7. The molecule has 1 saturated heterocycles. The van der Waals surface area contributed by atoms with Crippen LogP contribution in [-0.2, 0) is 9.53 Å². The third-order valence-corrected chi connectivity index (χ3v) is 3.21. The first kappa shape index (κ1) is 9.30. The van der Waals surface area contributed by atoms with Gasteiger partial charge in [0.15, 0.2) is 0 Å². The zero-order valence-electron chi connectivity index (χ0n) is 8.23. The zero-order chi connectivity index (χ0) is 9.57. The molecule has 0 spiro atoms. The van der Waals surface area contributed by atoms with Crippen LogP contribution in [0, 0.1) is 10.8 Å². The van der Waals surface area contributed by atoms with Gasteiger partial charge >= 0.3 is 5.97 Å². The summed E-state index contributed by atoms with van der Waals surface area (Å²) in [5.41, 5.74) is -0.180. The minimum absolute atomic E-state index is 0.0561. The third-order valence-electron chi connectivity index (χ3n) is 3.21. The van der Waals surface area contributed by atoms with E-state index in [1.807, 2.05) is 0 Å². The SMILES string of the molecule is C=C1OC(=O)CC(C)(C)C1(C)C. The van der Waals surface area contributed by atoms with Crippen LogP contribution in [0.5, 0.6) is 0 Å². The average Bonchev–Trinajstić information content (AvgIpc) is 1.82. The second kappa shape index (κ2) is 2.35. The summed E-state index contributed by atoms with van der Waals surface area (Å²) in [7, 11) is 0. The molecule has 0 N–H and O–H groups in total. The Morgan fingerprint density at radius 1 is 1.33 bits per heavy atom. The summed E-state index contributed by atoms with van der Waals surface area (Å²) in [6.45, 7) is 12.0. The molecule has 0 unspecified atom stereocenters. The van der Waals surface area contributed by atoms with E-state index < -0.39 is 0 Å². The van der Waals surface area contributed by atoms with Crippen LogP contribution < -0.4 is 0 Å². The Hall–Kier alpha value is -0.790. The first-order chi connectivity index (χ1) is 5.27. The predicted molar refractivity (Wildman–Crippen MR) is 47.4 cm³/mol. The van der Waals surface area contributed by atoms with Crippen LogP contribution in [-0.4, -0.2) is 5.97 Å². The summed E-state index contributed by atoms with van der Waals surface area (Å²) < 4.78 is 5.00. The van der Waals surface area contributed by atoms with Gasteiger partial charge in [-0.25, -0.2) is 0 Å². The predicted octanol–water partition coefficient (Wildman–Crippen LogP) is 2.50. The molecule has 0 atom stereocenters. The molecule has 1 rings (SSSR count). The van der Waals surface area contributed by atoms with Gasteiger partial charge in [-0.1, -0.05) is 34.3 Å². The fourth-order valence-corrected chi connectivity index (χ4v) is 1.26. The molecular weight excluding hydrogens is 152 g/mol. The molecule has 2 heteroatoms. The Kier molecular flexibility index (Phi) is 1.82. The number of carbonyl (C=O) groups is 1. The molecule has 0 aromatic rings. The topological polar surface area (TPSA) is 26.3 Å². The molecule has 1 aliphatic rings. The molecule has 1 aliphatic heterocycles. The Balaban J connectivity index is 3.02. The number of ether oxygens (including phenoxy) is 1. The maximum atomic E-state index is 11.1. The van der Waals surface area contributed by atoms with Crippen LogP contribution in [0.1, 0.15) is 34.1 Å². The number of hydrogen-bond acceptors (Lipinski definition) is 2. The molecule has 0 amide bonds. The number of allylic oxidation sites excluding steroid dienone is 1. The van der Waals surface area contributed by atoms with Crippen molar-refractivity contribution in [1.82, 2.24) is 0 Å². The second-order valence-electron chi connectivity index (χ2n) is 4.58. The van der Waals surface area contributed by atoms with Crippen molar-refractivity contribution in [1.29, 1.82) is 0 Å². The summed E-state index contributed by atoms with van der Waals surface area (Å²) in [4.78, 5) is 11.1. The third kappa shape index (κ3) is 1.15. The first-order valence-electron chi connectivity index (χ1n) is 4.17. The zero-order valence-corrected chi connectivity index (χ0v) is 8.23. The van der Waals surface area contributed by atoms with Gasteiger partial charge in [0.2, 0.25) is 0 Å². The van der Waals surface area contributed by atoms with E-state index >= 15 is 0 Å². The highest BCUT2D eigenvalue weighted by Gasteiger charge is 2.46. The summed E-state index contributed by atoms with van der Waals surface area (Å²) in [5, 5.41) is 0. The van der Waals surface area contributed by atoms with E-state index in [1.165, 1.54) is 0 Å². The molecule has 0 aromatic heterocycles. The minimum atomic E-state index is -0.163. The molecule has 0 bridgehead atoms. The highest BCUT2D eigenvalue weighted by Crippen LogP contribution is 2.49. The van der Waals surface area contributed by atoms with Crippen LogP contribution in [0.2, 0.25) is 0 Å². The van der Waals surface area contributed by atoms with Crippen molar-refractivity contribution in [3.63, 3.8) is 0 Å². The summed E-state index contributed by atoms with van der Waals surface area (Å²) in [6, 6.07) is 0. The molecule has 68 valence electrons. The molecule has 0 radical (unpaired) electrons. The van der Waals surface area contributed by atoms with Gasteiger partial charge in [0.1, 0.15) is 5.76 Å². The lowest BCUT2D eigenvalue weighted by molar-refractivity contribution is -0.153. The first-order valence-corrected chi connectivity index (χ1v) is 4.17. The minimum Gasteiger partial charge on any atom is -0.431 e. The quantitative estimate of drug-likeness (QED) is 0.519. The van der Waals surface area contributed by atoms with Gasteiger partial charge in [0.05, 0.1) is 6.42 Å². The molecule has 0 aromatic carbocycles. The Morgan fingerprint density at radius 3 is 2.25 bits per heavy atom. The van der Waals surface area contributed by atoms with Crippen molar-refractivity contribution < 1.29 is 9.53 Å². The molecule has 1 fully saturated rings. The molecule has 12 heavy (non-hydrogen) atoms. The maximum absolute atomic E-state index is 11.1. The lowest BCUT2D eigenvalue weighted by Gasteiger charge is -2.45. The number of cyclic esters (lactones) is 1. The van der Waals surface area contributed by atoms with Gasteiger partial charge in [-0.15, -0.1) is 0 Å². The molecule has 0 aliphatic carbocycles. The van der Waals surface area contributed by atoms with E-state index in [-0.39, 0.29) is 16.8 Å². The van der Waals surface area contributed by atoms with Gasteiger partial charge in [-0.05, 0) is 5.41 Å². The van der Waals surface area contributed by atoms with Crippen molar-refractivity contribution in [2.75, 3.05) is 0 Å². The van der Waals surface area contributed by atoms with Crippen LogP contribution in [0.25, 0.3) is 0 Å². The van der Waals surface area contributed by atoms with Gasteiger partial charge in [-0.2, -0.15) is 0 Å². The summed E-state index contributed by atoms with van der Waals surface area (Å²) in [6.07, 6.45) is 0.471. The molecule has 0 saturated carbocycles. The van der Waals surface area contributed by atoms with Crippen molar-refractivity contribution in [2.24, 2.45) is 10.8 Å². The largest absolute Gasteiger partial charge is 0.431 e. The fourth-order valence-electron chi connectivity index (χ4n) is 1.26.